The average Bonchev–Trinajstić information content (AvgIpc) is 2.30. The molecule has 0 aromatic heterocycles. The largest absolute Gasteiger partial charge is 0.623 e. The SMILES string of the molecule is CCOP(=O)(/C=[N+](\[O-])C1CCCCC1)OCC. The van der Waals surface area contributed by atoms with E-state index in [1.54, 1.807) is 13.8 Å². The molecule has 1 rings (SSSR count). The molecule has 0 bridgehead atoms. The number of hydrogen-bond donors (Lipinski definition) is 0. The maximum Gasteiger partial charge on any atom is 0.417 e. The van der Waals surface area contributed by atoms with Crippen molar-refractivity contribution in [3.63, 3.8) is 0 Å². The zero-order chi connectivity index (χ0) is 12.7. The summed E-state index contributed by atoms with van der Waals surface area (Å²) in [6.07, 6.45) is 5.02. The zero-order valence-electron chi connectivity index (χ0n) is 10.6. The summed E-state index contributed by atoms with van der Waals surface area (Å²) in [5.74, 6) is 1.11. The van der Waals surface area contributed by atoms with Gasteiger partial charge < -0.3 is 14.3 Å². The lowest BCUT2D eigenvalue weighted by molar-refractivity contribution is -0.499. The van der Waals surface area contributed by atoms with Crippen LogP contribution >= 0.6 is 7.60 Å². The molecule has 1 aliphatic carbocycles. The predicted molar refractivity (Wildman–Crippen MR) is 67.4 cm³/mol. The van der Waals surface area contributed by atoms with E-state index in [1.165, 1.54) is 6.42 Å². The van der Waals surface area contributed by atoms with E-state index in [1.807, 2.05) is 0 Å². The van der Waals surface area contributed by atoms with Gasteiger partial charge in [-0.2, -0.15) is 0 Å². The Morgan fingerprint density at radius 1 is 1.24 bits per heavy atom. The summed E-state index contributed by atoms with van der Waals surface area (Å²) in [4.78, 5) is 0. The van der Waals surface area contributed by atoms with Crippen LogP contribution in [0, 0.1) is 5.21 Å². The fourth-order valence-corrected chi connectivity index (χ4v) is 3.43. The van der Waals surface area contributed by atoms with E-state index in [0.29, 0.717) is 0 Å². The summed E-state index contributed by atoms with van der Waals surface area (Å²) in [7, 11) is -3.35. The topological polar surface area (TPSA) is 61.6 Å². The lowest BCUT2D eigenvalue weighted by atomic mass is 9.96. The fourth-order valence-electron chi connectivity index (χ4n) is 2.03. The third kappa shape index (κ3) is 4.78. The van der Waals surface area contributed by atoms with Gasteiger partial charge in [0.1, 0.15) is 0 Å². The van der Waals surface area contributed by atoms with Gasteiger partial charge in [-0.3, -0.25) is 0 Å². The second-order valence-electron chi connectivity index (χ2n) is 4.14. The van der Waals surface area contributed by atoms with Crippen LogP contribution in [0.5, 0.6) is 0 Å². The number of nitrogens with zero attached hydrogens (tertiary/aromatic N) is 1. The smallest absolute Gasteiger partial charge is 0.417 e. The number of hydrogen-bond acceptors (Lipinski definition) is 4. The Morgan fingerprint density at radius 3 is 2.24 bits per heavy atom. The van der Waals surface area contributed by atoms with Crippen LogP contribution in [0.2, 0.25) is 0 Å². The first-order valence-corrected chi connectivity index (χ1v) is 7.92. The molecule has 100 valence electrons. The van der Waals surface area contributed by atoms with Crippen molar-refractivity contribution < 1.29 is 18.4 Å². The van der Waals surface area contributed by atoms with E-state index < -0.39 is 7.60 Å². The number of hydroxylamine groups is 1. The van der Waals surface area contributed by atoms with Crippen molar-refractivity contribution in [2.45, 2.75) is 52.0 Å². The molecular weight excluding hydrogens is 241 g/mol. The highest BCUT2D eigenvalue weighted by Gasteiger charge is 2.29. The van der Waals surface area contributed by atoms with Gasteiger partial charge in [-0.15, -0.1) is 0 Å². The van der Waals surface area contributed by atoms with Gasteiger partial charge in [0, 0.05) is 12.8 Å². The first-order chi connectivity index (χ1) is 8.11. The minimum atomic E-state index is -3.35. The summed E-state index contributed by atoms with van der Waals surface area (Å²) in [5, 5.41) is 11.9. The van der Waals surface area contributed by atoms with Crippen LogP contribution in [-0.2, 0) is 13.6 Å². The van der Waals surface area contributed by atoms with Crippen LogP contribution < -0.4 is 0 Å². The summed E-state index contributed by atoms with van der Waals surface area (Å²) in [5.41, 5.74) is 0. The second kappa shape index (κ2) is 7.14. The summed E-state index contributed by atoms with van der Waals surface area (Å²) in [6, 6.07) is -0.0713. The van der Waals surface area contributed by atoms with Crippen LogP contribution in [0.4, 0.5) is 0 Å². The highest BCUT2D eigenvalue weighted by molar-refractivity contribution is 7.69. The molecule has 0 N–H and O–H groups in total. The van der Waals surface area contributed by atoms with Gasteiger partial charge in [-0.25, -0.2) is 9.30 Å². The van der Waals surface area contributed by atoms with Gasteiger partial charge in [0.25, 0.3) is 5.96 Å². The maximum atomic E-state index is 12.1. The molecule has 0 aromatic rings. The van der Waals surface area contributed by atoms with Gasteiger partial charge in [0.05, 0.1) is 13.2 Å². The minimum Gasteiger partial charge on any atom is -0.623 e. The van der Waals surface area contributed by atoms with Gasteiger partial charge in [-0.05, 0) is 26.7 Å². The molecule has 0 spiro atoms. The van der Waals surface area contributed by atoms with Gasteiger partial charge >= 0.3 is 7.60 Å². The Bertz CT molecular complexity index is 290. The molecule has 0 saturated heterocycles. The van der Waals surface area contributed by atoms with E-state index in [-0.39, 0.29) is 19.3 Å². The quantitative estimate of drug-likeness (QED) is 0.243. The molecule has 0 unspecified atom stereocenters. The predicted octanol–water partition coefficient (Wildman–Crippen LogP) is 3.12. The summed E-state index contributed by atoms with van der Waals surface area (Å²) in [6.45, 7) is 4.00. The zero-order valence-corrected chi connectivity index (χ0v) is 11.5. The molecule has 1 fully saturated rings. The Kier molecular flexibility index (Phi) is 6.17. The van der Waals surface area contributed by atoms with Crippen molar-refractivity contribution in [3.8, 4) is 0 Å². The molecule has 0 heterocycles. The van der Waals surface area contributed by atoms with Crippen LogP contribution in [0.25, 0.3) is 0 Å². The Morgan fingerprint density at radius 2 is 1.76 bits per heavy atom. The average molecular weight is 263 g/mol. The highest BCUT2D eigenvalue weighted by Crippen LogP contribution is 2.45. The van der Waals surface area contributed by atoms with Gasteiger partial charge in [0.15, 0.2) is 6.04 Å². The molecule has 17 heavy (non-hydrogen) atoms. The highest BCUT2D eigenvalue weighted by atomic mass is 31.2. The standard InChI is InChI=1S/C11H22NO4P/c1-3-15-17(14,16-4-2)10-12(13)11-8-6-5-7-9-11/h10-11H,3-9H2,1-2H3/b12-10-. The molecule has 0 radical (unpaired) electrons. The summed E-state index contributed by atoms with van der Waals surface area (Å²) >= 11 is 0. The van der Waals surface area contributed by atoms with Crippen molar-refractivity contribution >= 4 is 13.6 Å². The Labute approximate surface area is 103 Å². The van der Waals surface area contributed by atoms with Gasteiger partial charge in [-0.1, -0.05) is 6.42 Å². The Hall–Kier alpha value is -0.380. The molecule has 0 aliphatic heterocycles. The molecule has 6 heteroatoms. The lowest BCUT2D eigenvalue weighted by Gasteiger charge is -2.22. The van der Waals surface area contributed by atoms with Crippen molar-refractivity contribution in [1.82, 2.24) is 0 Å². The van der Waals surface area contributed by atoms with E-state index in [0.717, 1.165) is 36.4 Å². The molecule has 0 aromatic carbocycles. The molecule has 0 amide bonds. The van der Waals surface area contributed by atoms with Crippen molar-refractivity contribution in [2.24, 2.45) is 0 Å². The van der Waals surface area contributed by atoms with Crippen molar-refractivity contribution in [1.29, 1.82) is 0 Å². The van der Waals surface area contributed by atoms with Gasteiger partial charge in [0.2, 0.25) is 0 Å². The van der Waals surface area contributed by atoms with E-state index in [2.05, 4.69) is 0 Å². The molecule has 5 nitrogen and oxygen atoms in total. The van der Waals surface area contributed by atoms with Crippen molar-refractivity contribution in [2.75, 3.05) is 13.2 Å². The summed E-state index contributed by atoms with van der Waals surface area (Å²) < 4.78 is 23.0. The first-order valence-electron chi connectivity index (χ1n) is 6.31. The minimum absolute atomic E-state index is 0.0713. The molecule has 0 atom stereocenters. The lowest BCUT2D eigenvalue weighted by Crippen LogP contribution is -2.25. The second-order valence-corrected chi connectivity index (χ2v) is 5.97. The van der Waals surface area contributed by atoms with E-state index in [9.17, 15) is 9.77 Å². The molecule has 1 saturated carbocycles. The third-order valence-corrected chi connectivity index (χ3v) is 4.55. The van der Waals surface area contributed by atoms with Crippen LogP contribution in [0.1, 0.15) is 46.0 Å². The van der Waals surface area contributed by atoms with Crippen molar-refractivity contribution in [3.05, 3.63) is 5.21 Å². The third-order valence-electron chi connectivity index (χ3n) is 2.81. The molecular formula is C11H22NO4P. The van der Waals surface area contributed by atoms with E-state index >= 15 is 0 Å². The van der Waals surface area contributed by atoms with Crippen LogP contribution in [-0.4, -0.2) is 30.0 Å². The maximum absolute atomic E-state index is 12.1. The Balaban J connectivity index is 2.70. The first kappa shape index (κ1) is 14.7. The molecule has 1 aliphatic rings. The van der Waals surface area contributed by atoms with Crippen LogP contribution in [0.3, 0.4) is 0 Å². The number of rotatable bonds is 6. The van der Waals surface area contributed by atoms with E-state index in [4.69, 9.17) is 9.05 Å². The monoisotopic (exact) mass is 263 g/mol. The van der Waals surface area contributed by atoms with Crippen LogP contribution in [0.15, 0.2) is 0 Å². The fraction of sp³-hybridized carbons (Fsp3) is 0.909. The normalized spacial score (nSPS) is 19.5.